The van der Waals surface area contributed by atoms with E-state index in [4.69, 9.17) is 5.73 Å². The highest BCUT2D eigenvalue weighted by molar-refractivity contribution is 5.85. The highest BCUT2D eigenvalue weighted by atomic mass is 35.5. The highest BCUT2D eigenvalue weighted by Gasteiger charge is 2.31. The van der Waals surface area contributed by atoms with E-state index in [2.05, 4.69) is 11.8 Å². The first-order valence-corrected chi connectivity index (χ1v) is 8.73. The Balaban J connectivity index is 0.00000220. The summed E-state index contributed by atoms with van der Waals surface area (Å²) in [6.07, 6.45) is 11.3. The van der Waals surface area contributed by atoms with Gasteiger partial charge in [-0.2, -0.15) is 0 Å². The van der Waals surface area contributed by atoms with Crippen LogP contribution in [0.1, 0.15) is 64.7 Å². The van der Waals surface area contributed by atoms with Crippen LogP contribution in [0.25, 0.3) is 0 Å². The minimum Gasteiger partial charge on any atom is -0.342 e. The summed E-state index contributed by atoms with van der Waals surface area (Å²) in [4.78, 5) is 14.9. The van der Waals surface area contributed by atoms with Crippen molar-refractivity contribution in [1.29, 1.82) is 0 Å². The standard InChI is InChI=1S/C17H32N2O.ClH/c1-2-6-16(11-14-7-4-3-5-8-14)17(20)19-10-9-15(12-18)13-19;/h14-16H,2-13,18H2,1H3;1H. The molecule has 0 spiro atoms. The van der Waals surface area contributed by atoms with Gasteiger partial charge in [0.15, 0.2) is 0 Å². The van der Waals surface area contributed by atoms with Gasteiger partial charge in [-0.1, -0.05) is 45.4 Å². The normalized spacial score (nSPS) is 24.7. The lowest BCUT2D eigenvalue weighted by atomic mass is 9.81. The van der Waals surface area contributed by atoms with Crippen molar-refractivity contribution < 1.29 is 4.79 Å². The molecule has 1 saturated carbocycles. The van der Waals surface area contributed by atoms with Crippen LogP contribution in [0.15, 0.2) is 0 Å². The van der Waals surface area contributed by atoms with Gasteiger partial charge in [0.1, 0.15) is 0 Å². The van der Waals surface area contributed by atoms with Crippen molar-refractivity contribution in [3.63, 3.8) is 0 Å². The van der Waals surface area contributed by atoms with Crippen molar-refractivity contribution in [2.75, 3.05) is 19.6 Å². The number of hydrogen-bond donors (Lipinski definition) is 1. The number of hydrogen-bond acceptors (Lipinski definition) is 2. The molecule has 0 radical (unpaired) electrons. The average Bonchev–Trinajstić information content (AvgIpc) is 2.96. The van der Waals surface area contributed by atoms with Gasteiger partial charge in [-0.05, 0) is 37.6 Å². The minimum atomic E-state index is 0. The van der Waals surface area contributed by atoms with Crippen LogP contribution >= 0.6 is 12.4 Å². The third-order valence-electron chi connectivity index (χ3n) is 5.26. The molecule has 1 aliphatic heterocycles. The average molecular weight is 317 g/mol. The van der Waals surface area contributed by atoms with Crippen LogP contribution in [0.5, 0.6) is 0 Å². The van der Waals surface area contributed by atoms with E-state index in [0.29, 0.717) is 11.8 Å². The zero-order valence-corrected chi connectivity index (χ0v) is 14.4. The summed E-state index contributed by atoms with van der Waals surface area (Å²) in [5.41, 5.74) is 5.74. The first kappa shape index (κ1) is 18.8. The molecule has 0 aromatic heterocycles. The summed E-state index contributed by atoms with van der Waals surface area (Å²) >= 11 is 0. The Bertz CT molecular complexity index is 305. The monoisotopic (exact) mass is 316 g/mol. The maximum Gasteiger partial charge on any atom is 0.225 e. The van der Waals surface area contributed by atoms with Gasteiger partial charge in [0, 0.05) is 19.0 Å². The van der Waals surface area contributed by atoms with Gasteiger partial charge in [-0.3, -0.25) is 4.79 Å². The van der Waals surface area contributed by atoms with E-state index in [1.165, 1.54) is 32.1 Å². The molecule has 0 bridgehead atoms. The van der Waals surface area contributed by atoms with Gasteiger partial charge in [0.25, 0.3) is 0 Å². The first-order chi connectivity index (χ1) is 9.74. The maximum absolute atomic E-state index is 12.8. The van der Waals surface area contributed by atoms with Gasteiger partial charge in [0.05, 0.1) is 0 Å². The molecule has 1 aliphatic carbocycles. The van der Waals surface area contributed by atoms with Gasteiger partial charge < -0.3 is 10.6 Å². The third-order valence-corrected chi connectivity index (χ3v) is 5.26. The molecule has 0 aromatic rings. The predicted octanol–water partition coefficient (Wildman–Crippen LogP) is 3.60. The minimum absolute atomic E-state index is 0. The summed E-state index contributed by atoms with van der Waals surface area (Å²) in [5.74, 6) is 2.04. The molecule has 0 aromatic carbocycles. The number of halogens is 1. The lowest BCUT2D eigenvalue weighted by Crippen LogP contribution is -2.36. The van der Waals surface area contributed by atoms with Crippen LogP contribution in [0, 0.1) is 17.8 Å². The van der Waals surface area contributed by atoms with Crippen molar-refractivity contribution in [3.8, 4) is 0 Å². The molecule has 4 heteroatoms. The second-order valence-electron chi connectivity index (χ2n) is 6.90. The van der Waals surface area contributed by atoms with Crippen molar-refractivity contribution in [1.82, 2.24) is 4.90 Å². The number of amides is 1. The zero-order valence-electron chi connectivity index (χ0n) is 13.6. The van der Waals surface area contributed by atoms with Crippen LogP contribution < -0.4 is 5.73 Å². The number of rotatable bonds is 6. The molecule has 3 nitrogen and oxygen atoms in total. The molecule has 2 rings (SSSR count). The van der Waals surface area contributed by atoms with Crippen LogP contribution in [-0.2, 0) is 4.79 Å². The second kappa shape index (κ2) is 9.68. The zero-order chi connectivity index (χ0) is 14.4. The van der Waals surface area contributed by atoms with Gasteiger partial charge in [0.2, 0.25) is 5.91 Å². The van der Waals surface area contributed by atoms with Crippen LogP contribution in [0.4, 0.5) is 0 Å². The first-order valence-electron chi connectivity index (χ1n) is 8.73. The Labute approximate surface area is 136 Å². The molecule has 2 N–H and O–H groups in total. The van der Waals surface area contributed by atoms with Gasteiger partial charge in [-0.15, -0.1) is 12.4 Å². The fraction of sp³-hybridized carbons (Fsp3) is 0.941. The van der Waals surface area contributed by atoms with E-state index in [9.17, 15) is 4.79 Å². The number of nitrogens with two attached hydrogens (primary N) is 1. The molecular weight excluding hydrogens is 284 g/mol. The van der Waals surface area contributed by atoms with E-state index in [0.717, 1.165) is 51.2 Å². The van der Waals surface area contributed by atoms with Crippen LogP contribution in [0.2, 0.25) is 0 Å². The topological polar surface area (TPSA) is 46.3 Å². The second-order valence-corrected chi connectivity index (χ2v) is 6.90. The number of likely N-dealkylation sites (tertiary alicyclic amines) is 1. The maximum atomic E-state index is 12.8. The van der Waals surface area contributed by atoms with E-state index >= 15 is 0 Å². The molecular formula is C17H33ClN2O. The van der Waals surface area contributed by atoms with Gasteiger partial charge in [-0.25, -0.2) is 0 Å². The molecule has 2 fully saturated rings. The fourth-order valence-corrected chi connectivity index (χ4v) is 4.00. The highest BCUT2D eigenvalue weighted by Crippen LogP contribution is 2.32. The summed E-state index contributed by atoms with van der Waals surface area (Å²) in [5, 5.41) is 0. The van der Waals surface area contributed by atoms with Crippen molar-refractivity contribution in [2.45, 2.75) is 64.7 Å². The molecule has 21 heavy (non-hydrogen) atoms. The third kappa shape index (κ3) is 5.45. The lowest BCUT2D eigenvalue weighted by Gasteiger charge is -2.28. The molecule has 1 amide bonds. The quantitative estimate of drug-likeness (QED) is 0.813. The van der Waals surface area contributed by atoms with E-state index in [-0.39, 0.29) is 18.3 Å². The van der Waals surface area contributed by atoms with Crippen molar-refractivity contribution in [3.05, 3.63) is 0 Å². The van der Waals surface area contributed by atoms with Crippen molar-refractivity contribution in [2.24, 2.45) is 23.5 Å². The molecule has 1 saturated heterocycles. The number of carbonyl (C=O) groups is 1. The smallest absolute Gasteiger partial charge is 0.225 e. The summed E-state index contributed by atoms with van der Waals surface area (Å²) in [7, 11) is 0. The Morgan fingerprint density at radius 1 is 1.19 bits per heavy atom. The summed E-state index contributed by atoms with van der Waals surface area (Å²) < 4.78 is 0. The summed E-state index contributed by atoms with van der Waals surface area (Å²) in [6.45, 7) is 4.77. The van der Waals surface area contributed by atoms with Crippen LogP contribution in [0.3, 0.4) is 0 Å². The predicted molar refractivity (Wildman–Crippen MR) is 90.6 cm³/mol. The Morgan fingerprint density at radius 3 is 2.48 bits per heavy atom. The Hall–Kier alpha value is -0.280. The molecule has 2 atom stereocenters. The number of nitrogens with zero attached hydrogens (tertiary/aromatic N) is 1. The molecule has 2 aliphatic rings. The molecule has 2 unspecified atom stereocenters. The Kier molecular flexibility index (Phi) is 8.65. The Morgan fingerprint density at radius 2 is 1.90 bits per heavy atom. The lowest BCUT2D eigenvalue weighted by molar-refractivity contribution is -0.135. The fourth-order valence-electron chi connectivity index (χ4n) is 4.00. The van der Waals surface area contributed by atoms with Crippen molar-refractivity contribution >= 4 is 18.3 Å². The van der Waals surface area contributed by atoms with E-state index < -0.39 is 0 Å². The van der Waals surface area contributed by atoms with E-state index in [1.807, 2.05) is 0 Å². The molecule has 1 heterocycles. The van der Waals surface area contributed by atoms with E-state index in [1.54, 1.807) is 0 Å². The van der Waals surface area contributed by atoms with Crippen LogP contribution in [-0.4, -0.2) is 30.4 Å². The summed E-state index contributed by atoms with van der Waals surface area (Å²) in [6, 6.07) is 0. The number of carbonyl (C=O) groups excluding carboxylic acids is 1. The van der Waals surface area contributed by atoms with Gasteiger partial charge >= 0.3 is 0 Å². The molecule has 124 valence electrons. The largest absolute Gasteiger partial charge is 0.342 e. The SMILES string of the molecule is CCCC(CC1CCCCC1)C(=O)N1CCC(CN)C1.Cl.